The molecule has 0 aliphatic heterocycles. The summed E-state index contributed by atoms with van der Waals surface area (Å²) >= 11 is 0. The fourth-order valence-corrected chi connectivity index (χ4v) is 3.61. The highest BCUT2D eigenvalue weighted by Crippen LogP contribution is 2.28. The van der Waals surface area contributed by atoms with Crippen LogP contribution in [0.4, 0.5) is 0 Å². The van der Waals surface area contributed by atoms with Crippen LogP contribution in [0.2, 0.25) is 0 Å². The van der Waals surface area contributed by atoms with E-state index in [1.165, 1.54) is 33.3 Å². The second-order valence-electron chi connectivity index (χ2n) is 7.18. The third-order valence-electron chi connectivity index (χ3n) is 5.20. The van der Waals surface area contributed by atoms with Crippen LogP contribution in [0.1, 0.15) is 62.2 Å². The maximum Gasteiger partial charge on any atom is 0.220 e. The van der Waals surface area contributed by atoms with Gasteiger partial charge in [0, 0.05) is 24.6 Å². The number of nitrogens with two attached hydrogens (primary N) is 1. The Morgan fingerprint density at radius 1 is 1.22 bits per heavy atom. The van der Waals surface area contributed by atoms with E-state index in [9.17, 15) is 9.59 Å². The van der Waals surface area contributed by atoms with Gasteiger partial charge in [-0.1, -0.05) is 19.3 Å². The molecule has 1 unspecified atom stereocenters. The first-order chi connectivity index (χ1) is 13.0. The number of ketones is 1. The normalized spacial score (nSPS) is 15.8. The van der Waals surface area contributed by atoms with E-state index in [-0.39, 0.29) is 17.7 Å². The molecule has 1 aromatic carbocycles. The number of ether oxygens (including phenoxy) is 2. The highest BCUT2D eigenvalue weighted by atomic mass is 16.5. The average molecular weight is 376 g/mol. The van der Waals surface area contributed by atoms with Gasteiger partial charge in [-0.15, -0.1) is 0 Å². The zero-order valence-electron chi connectivity index (χ0n) is 16.5. The smallest absolute Gasteiger partial charge is 0.220 e. The fraction of sp³-hybridized carbons (Fsp3) is 0.619. The number of carbonyl (C=O) groups excluding carboxylic acids is 2. The lowest BCUT2D eigenvalue weighted by Gasteiger charge is -2.30. The first kappa shape index (κ1) is 21.2. The van der Waals surface area contributed by atoms with Crippen LogP contribution in [0.25, 0.3) is 0 Å². The van der Waals surface area contributed by atoms with E-state index in [2.05, 4.69) is 5.32 Å². The molecule has 150 valence electrons. The average Bonchev–Trinajstić information content (AvgIpc) is 2.69. The Labute approximate surface area is 161 Å². The highest BCUT2D eigenvalue weighted by Gasteiger charge is 2.23. The van der Waals surface area contributed by atoms with Crippen molar-refractivity contribution in [3.05, 3.63) is 23.8 Å². The summed E-state index contributed by atoms with van der Waals surface area (Å²) in [5.74, 6) is 1.60. The number of carbonyl (C=O) groups is 2. The number of hydrogen-bond donors (Lipinski definition) is 2. The first-order valence-electron chi connectivity index (χ1n) is 9.86. The Kier molecular flexibility index (Phi) is 8.58. The lowest BCUT2D eigenvalue weighted by Crippen LogP contribution is -2.45. The van der Waals surface area contributed by atoms with Crippen LogP contribution in [0.5, 0.6) is 11.5 Å². The monoisotopic (exact) mass is 376 g/mol. The Hall–Kier alpha value is -2.08. The molecular weight excluding hydrogens is 344 g/mol. The van der Waals surface area contributed by atoms with Gasteiger partial charge >= 0.3 is 0 Å². The number of Topliss-reactive ketones (excluding diaryl/α,β-unsaturated/α-hetero) is 1. The van der Waals surface area contributed by atoms with Crippen LogP contribution in [0, 0.1) is 5.92 Å². The van der Waals surface area contributed by atoms with Crippen molar-refractivity contribution >= 4 is 11.7 Å². The summed E-state index contributed by atoms with van der Waals surface area (Å²) in [5, 5.41) is 3.10. The second-order valence-corrected chi connectivity index (χ2v) is 7.18. The van der Waals surface area contributed by atoms with Crippen molar-refractivity contribution in [1.82, 2.24) is 5.32 Å². The molecule has 1 fully saturated rings. The molecule has 0 aromatic heterocycles. The van der Waals surface area contributed by atoms with E-state index in [4.69, 9.17) is 15.2 Å². The Bertz CT molecular complexity index is 627. The number of rotatable bonds is 10. The molecule has 1 atom stereocenters. The number of nitrogens with one attached hydrogen (secondary N) is 1. The molecule has 2 rings (SSSR count). The van der Waals surface area contributed by atoms with Gasteiger partial charge in [0.15, 0.2) is 17.3 Å². The van der Waals surface area contributed by atoms with Gasteiger partial charge in [-0.3, -0.25) is 9.59 Å². The van der Waals surface area contributed by atoms with Gasteiger partial charge < -0.3 is 20.5 Å². The largest absolute Gasteiger partial charge is 0.493 e. The fourth-order valence-electron chi connectivity index (χ4n) is 3.61. The number of benzene rings is 1. The van der Waals surface area contributed by atoms with E-state index in [0.29, 0.717) is 49.0 Å². The molecule has 0 bridgehead atoms. The molecule has 1 saturated carbocycles. The maximum absolute atomic E-state index is 12.2. The lowest BCUT2D eigenvalue weighted by molar-refractivity contribution is -0.122. The number of amides is 1. The molecule has 27 heavy (non-hydrogen) atoms. The molecule has 0 saturated heterocycles. The SMILES string of the molecule is COc1cc(C(C)=O)ccc1OCCCC(=O)NC(CN)C1CCCCC1. The molecule has 6 heteroatoms. The summed E-state index contributed by atoms with van der Waals surface area (Å²) in [7, 11) is 1.54. The molecule has 3 N–H and O–H groups in total. The molecule has 1 aliphatic rings. The summed E-state index contributed by atoms with van der Waals surface area (Å²) in [6.07, 6.45) is 7.06. The van der Waals surface area contributed by atoms with Gasteiger partial charge in [-0.2, -0.15) is 0 Å². The topological polar surface area (TPSA) is 90.6 Å². The van der Waals surface area contributed by atoms with E-state index >= 15 is 0 Å². The standard InChI is InChI=1S/C21H32N2O4/c1-15(24)17-10-11-19(20(13-17)26-2)27-12-6-9-21(25)23-18(14-22)16-7-4-3-5-8-16/h10-11,13,16,18H,3-9,12,14,22H2,1-2H3,(H,23,25). The summed E-state index contributed by atoms with van der Waals surface area (Å²) in [6, 6.07) is 5.19. The molecule has 0 spiro atoms. The second kappa shape index (κ2) is 10.9. The van der Waals surface area contributed by atoms with Crippen LogP contribution < -0.4 is 20.5 Å². The van der Waals surface area contributed by atoms with Crippen LogP contribution in [-0.4, -0.2) is 38.0 Å². The molecular formula is C21H32N2O4. The zero-order valence-corrected chi connectivity index (χ0v) is 16.5. The van der Waals surface area contributed by atoms with Crippen molar-refractivity contribution in [3.8, 4) is 11.5 Å². The molecule has 0 radical (unpaired) electrons. The van der Waals surface area contributed by atoms with Gasteiger partial charge in [-0.05, 0) is 50.3 Å². The molecule has 1 amide bonds. The third kappa shape index (κ3) is 6.54. The van der Waals surface area contributed by atoms with E-state index in [1.807, 2.05) is 0 Å². The van der Waals surface area contributed by atoms with Crippen molar-refractivity contribution in [2.45, 2.75) is 57.9 Å². The van der Waals surface area contributed by atoms with Gasteiger partial charge in [0.1, 0.15) is 0 Å². The van der Waals surface area contributed by atoms with Crippen LogP contribution >= 0.6 is 0 Å². The summed E-state index contributed by atoms with van der Waals surface area (Å²) in [4.78, 5) is 23.7. The lowest BCUT2D eigenvalue weighted by atomic mass is 9.84. The maximum atomic E-state index is 12.2. The minimum Gasteiger partial charge on any atom is -0.493 e. The minimum absolute atomic E-state index is 0.0241. The summed E-state index contributed by atoms with van der Waals surface area (Å²) < 4.78 is 11.0. The van der Waals surface area contributed by atoms with Crippen molar-refractivity contribution < 1.29 is 19.1 Å². The van der Waals surface area contributed by atoms with E-state index < -0.39 is 0 Å². The molecule has 0 heterocycles. The third-order valence-corrected chi connectivity index (χ3v) is 5.20. The predicted octanol–water partition coefficient (Wildman–Crippen LogP) is 3.08. The van der Waals surface area contributed by atoms with Gasteiger partial charge in [0.05, 0.1) is 13.7 Å². The van der Waals surface area contributed by atoms with Gasteiger partial charge in [0.25, 0.3) is 0 Å². The van der Waals surface area contributed by atoms with E-state index in [0.717, 1.165) is 12.8 Å². The number of methoxy groups -OCH3 is 1. The van der Waals surface area contributed by atoms with Crippen molar-refractivity contribution in [1.29, 1.82) is 0 Å². The Balaban J connectivity index is 1.75. The zero-order chi connectivity index (χ0) is 19.6. The quantitative estimate of drug-likeness (QED) is 0.484. The summed E-state index contributed by atoms with van der Waals surface area (Å²) in [6.45, 7) is 2.41. The summed E-state index contributed by atoms with van der Waals surface area (Å²) in [5.41, 5.74) is 6.45. The van der Waals surface area contributed by atoms with Crippen LogP contribution in [-0.2, 0) is 4.79 Å². The van der Waals surface area contributed by atoms with Crippen LogP contribution in [0.15, 0.2) is 18.2 Å². The molecule has 1 aromatic rings. The van der Waals surface area contributed by atoms with Gasteiger partial charge in [-0.25, -0.2) is 0 Å². The van der Waals surface area contributed by atoms with Crippen LogP contribution in [0.3, 0.4) is 0 Å². The number of hydrogen-bond acceptors (Lipinski definition) is 5. The predicted molar refractivity (Wildman–Crippen MR) is 105 cm³/mol. The first-order valence-corrected chi connectivity index (χ1v) is 9.86. The molecule has 1 aliphatic carbocycles. The van der Waals surface area contributed by atoms with Crippen molar-refractivity contribution in [2.75, 3.05) is 20.3 Å². The Morgan fingerprint density at radius 2 is 1.96 bits per heavy atom. The highest BCUT2D eigenvalue weighted by molar-refractivity contribution is 5.94. The van der Waals surface area contributed by atoms with Gasteiger partial charge in [0.2, 0.25) is 5.91 Å². The van der Waals surface area contributed by atoms with Crippen molar-refractivity contribution in [2.24, 2.45) is 11.7 Å². The van der Waals surface area contributed by atoms with Crippen molar-refractivity contribution in [3.63, 3.8) is 0 Å². The Morgan fingerprint density at radius 3 is 2.59 bits per heavy atom. The minimum atomic E-state index is -0.0241. The molecule has 6 nitrogen and oxygen atoms in total. The van der Waals surface area contributed by atoms with E-state index in [1.54, 1.807) is 18.2 Å².